The first-order valence-corrected chi connectivity index (χ1v) is 7.26. The molecule has 0 bridgehead atoms. The van der Waals surface area contributed by atoms with Gasteiger partial charge in [0.15, 0.2) is 5.69 Å². The lowest BCUT2D eigenvalue weighted by atomic mass is 10.3. The summed E-state index contributed by atoms with van der Waals surface area (Å²) in [5.74, 6) is 0.373. The molecule has 0 aliphatic rings. The molecule has 0 saturated carbocycles. The minimum absolute atomic E-state index is 0.241. The molecule has 7 nitrogen and oxygen atoms in total. The van der Waals surface area contributed by atoms with Gasteiger partial charge in [0.05, 0.1) is 5.69 Å². The lowest BCUT2D eigenvalue weighted by molar-refractivity contribution is 0.0945. The zero-order chi connectivity index (χ0) is 14.7. The van der Waals surface area contributed by atoms with Crippen LogP contribution in [0, 0.1) is 6.92 Å². The van der Waals surface area contributed by atoms with Crippen LogP contribution in [0.5, 0.6) is 0 Å². The van der Waals surface area contributed by atoms with E-state index in [0.29, 0.717) is 24.4 Å². The molecular formula is C13H13N5O2S. The Balaban J connectivity index is 1.53. The molecule has 1 amide bonds. The first-order valence-electron chi connectivity index (χ1n) is 6.38. The molecule has 0 aliphatic heterocycles. The molecule has 0 unspecified atom stereocenters. The van der Waals surface area contributed by atoms with E-state index in [1.807, 2.05) is 17.6 Å². The fourth-order valence-electron chi connectivity index (χ4n) is 1.77. The van der Waals surface area contributed by atoms with Gasteiger partial charge in [-0.05, 0) is 13.0 Å². The van der Waals surface area contributed by atoms with Gasteiger partial charge < -0.3 is 9.84 Å². The quantitative estimate of drug-likeness (QED) is 0.773. The highest BCUT2D eigenvalue weighted by atomic mass is 32.1. The fourth-order valence-corrected chi connectivity index (χ4v) is 2.56. The third-order valence-corrected chi connectivity index (χ3v) is 3.65. The number of hydrogen-bond donors (Lipinski definition) is 1. The van der Waals surface area contributed by atoms with E-state index in [1.54, 1.807) is 23.9 Å². The summed E-state index contributed by atoms with van der Waals surface area (Å²) in [6, 6.07) is 3.45. The molecule has 108 valence electrons. The SMILES string of the molecule is Cc1cc(C(=O)NCCc2csc(-n3cccn3)n2)no1. The number of carbonyl (C=O) groups is 1. The normalized spacial score (nSPS) is 10.7. The van der Waals surface area contributed by atoms with Gasteiger partial charge in [0.25, 0.3) is 5.91 Å². The first-order chi connectivity index (χ1) is 10.2. The average Bonchev–Trinajstić information content (AvgIpc) is 3.19. The van der Waals surface area contributed by atoms with E-state index in [1.165, 1.54) is 11.3 Å². The molecule has 8 heteroatoms. The van der Waals surface area contributed by atoms with Gasteiger partial charge in [0.2, 0.25) is 5.13 Å². The zero-order valence-electron chi connectivity index (χ0n) is 11.3. The standard InChI is InChI=1S/C13H13N5O2S/c1-9-7-11(17-20-9)12(19)14-5-3-10-8-21-13(16-10)18-6-2-4-15-18/h2,4,6-8H,3,5H2,1H3,(H,14,19). The van der Waals surface area contributed by atoms with Crippen molar-refractivity contribution in [3.8, 4) is 5.13 Å². The van der Waals surface area contributed by atoms with Gasteiger partial charge in [-0.1, -0.05) is 5.16 Å². The highest BCUT2D eigenvalue weighted by Crippen LogP contribution is 2.13. The van der Waals surface area contributed by atoms with Gasteiger partial charge in [0, 0.05) is 36.8 Å². The largest absolute Gasteiger partial charge is 0.361 e. The van der Waals surface area contributed by atoms with Crippen molar-refractivity contribution in [3.63, 3.8) is 0 Å². The number of hydrogen-bond acceptors (Lipinski definition) is 6. The first kappa shape index (κ1) is 13.5. The van der Waals surface area contributed by atoms with Crippen LogP contribution < -0.4 is 5.32 Å². The lowest BCUT2D eigenvalue weighted by Gasteiger charge is -2.00. The highest BCUT2D eigenvalue weighted by Gasteiger charge is 2.10. The molecule has 0 saturated heterocycles. The van der Waals surface area contributed by atoms with Crippen LogP contribution in [-0.4, -0.2) is 32.4 Å². The summed E-state index contributed by atoms with van der Waals surface area (Å²) in [6.07, 6.45) is 4.21. The Morgan fingerprint density at radius 1 is 1.52 bits per heavy atom. The number of aryl methyl sites for hydroxylation is 1. The number of nitrogens with one attached hydrogen (secondary N) is 1. The molecule has 1 N–H and O–H groups in total. The number of carbonyl (C=O) groups excluding carboxylic acids is 1. The van der Waals surface area contributed by atoms with Crippen molar-refractivity contribution in [2.45, 2.75) is 13.3 Å². The van der Waals surface area contributed by atoms with Crippen LogP contribution in [0.25, 0.3) is 5.13 Å². The van der Waals surface area contributed by atoms with Crippen LogP contribution in [-0.2, 0) is 6.42 Å². The van der Waals surface area contributed by atoms with Gasteiger partial charge in [0.1, 0.15) is 5.76 Å². The van der Waals surface area contributed by atoms with E-state index in [0.717, 1.165) is 10.8 Å². The molecule has 3 aromatic heterocycles. The van der Waals surface area contributed by atoms with E-state index in [2.05, 4.69) is 20.6 Å². The van der Waals surface area contributed by atoms with E-state index in [-0.39, 0.29) is 5.91 Å². The summed E-state index contributed by atoms with van der Waals surface area (Å²) in [7, 11) is 0. The summed E-state index contributed by atoms with van der Waals surface area (Å²) >= 11 is 1.52. The van der Waals surface area contributed by atoms with Crippen molar-refractivity contribution >= 4 is 17.2 Å². The fraction of sp³-hybridized carbons (Fsp3) is 0.231. The molecule has 21 heavy (non-hydrogen) atoms. The van der Waals surface area contributed by atoms with Crippen molar-refractivity contribution < 1.29 is 9.32 Å². The van der Waals surface area contributed by atoms with Gasteiger partial charge in [-0.2, -0.15) is 5.10 Å². The van der Waals surface area contributed by atoms with Crippen LogP contribution >= 0.6 is 11.3 Å². The predicted molar refractivity (Wildman–Crippen MR) is 76.5 cm³/mol. The third kappa shape index (κ3) is 3.16. The summed E-state index contributed by atoms with van der Waals surface area (Å²) in [6.45, 7) is 2.24. The minimum atomic E-state index is -0.241. The Labute approximate surface area is 124 Å². The monoisotopic (exact) mass is 303 g/mol. The van der Waals surface area contributed by atoms with Crippen LogP contribution in [0.2, 0.25) is 0 Å². The summed E-state index contributed by atoms with van der Waals surface area (Å²) < 4.78 is 6.58. The van der Waals surface area contributed by atoms with Crippen LogP contribution in [0.15, 0.2) is 34.4 Å². The average molecular weight is 303 g/mol. The van der Waals surface area contributed by atoms with Crippen molar-refractivity contribution in [1.29, 1.82) is 0 Å². The Bertz CT molecular complexity index is 731. The van der Waals surface area contributed by atoms with Crippen molar-refractivity contribution in [1.82, 2.24) is 25.2 Å². The van der Waals surface area contributed by atoms with E-state index < -0.39 is 0 Å². The molecule has 3 heterocycles. The Morgan fingerprint density at radius 3 is 3.14 bits per heavy atom. The maximum Gasteiger partial charge on any atom is 0.273 e. The summed E-state index contributed by atoms with van der Waals surface area (Å²) in [4.78, 5) is 16.2. The van der Waals surface area contributed by atoms with Crippen LogP contribution in [0.4, 0.5) is 0 Å². The maximum atomic E-state index is 11.8. The lowest BCUT2D eigenvalue weighted by Crippen LogP contribution is -2.26. The molecule has 0 spiro atoms. The van der Waals surface area contributed by atoms with Gasteiger partial charge >= 0.3 is 0 Å². The minimum Gasteiger partial charge on any atom is -0.361 e. The van der Waals surface area contributed by atoms with Gasteiger partial charge in [-0.3, -0.25) is 4.79 Å². The maximum absolute atomic E-state index is 11.8. The summed E-state index contributed by atoms with van der Waals surface area (Å²) in [5.41, 5.74) is 1.21. The number of aromatic nitrogens is 4. The van der Waals surface area contributed by atoms with Crippen LogP contribution in [0.3, 0.4) is 0 Å². The molecule has 0 aliphatic carbocycles. The van der Waals surface area contributed by atoms with E-state index in [9.17, 15) is 4.79 Å². The van der Waals surface area contributed by atoms with Gasteiger partial charge in [-0.15, -0.1) is 11.3 Å². The number of amides is 1. The molecule has 3 rings (SSSR count). The Kier molecular flexibility index (Phi) is 3.78. The highest BCUT2D eigenvalue weighted by molar-refractivity contribution is 7.12. The van der Waals surface area contributed by atoms with Crippen LogP contribution in [0.1, 0.15) is 21.9 Å². The van der Waals surface area contributed by atoms with Crippen molar-refractivity contribution in [2.75, 3.05) is 6.54 Å². The van der Waals surface area contributed by atoms with Crippen molar-refractivity contribution in [2.24, 2.45) is 0 Å². The second-order valence-electron chi connectivity index (χ2n) is 4.40. The Morgan fingerprint density at radius 2 is 2.43 bits per heavy atom. The smallest absolute Gasteiger partial charge is 0.273 e. The molecular weight excluding hydrogens is 290 g/mol. The van der Waals surface area contributed by atoms with Gasteiger partial charge in [-0.25, -0.2) is 9.67 Å². The number of thiazole rings is 1. The molecule has 0 fully saturated rings. The number of nitrogens with zero attached hydrogens (tertiary/aromatic N) is 4. The number of rotatable bonds is 5. The summed E-state index contributed by atoms with van der Waals surface area (Å²) in [5, 5.41) is 13.4. The Hall–Kier alpha value is -2.48. The molecule has 0 radical (unpaired) electrons. The molecule has 0 aromatic carbocycles. The van der Waals surface area contributed by atoms with Crippen molar-refractivity contribution in [3.05, 3.63) is 47.1 Å². The zero-order valence-corrected chi connectivity index (χ0v) is 12.1. The third-order valence-electron chi connectivity index (χ3n) is 2.77. The second kappa shape index (κ2) is 5.88. The topological polar surface area (TPSA) is 85.8 Å². The van der Waals surface area contributed by atoms with E-state index >= 15 is 0 Å². The molecule has 3 aromatic rings. The predicted octanol–water partition coefficient (Wildman–Crippen LogP) is 1.60. The second-order valence-corrected chi connectivity index (χ2v) is 5.24. The molecule has 0 atom stereocenters. The van der Waals surface area contributed by atoms with E-state index in [4.69, 9.17) is 4.52 Å².